The number of fused-ring (bicyclic) bond motifs is 2. The van der Waals surface area contributed by atoms with E-state index in [9.17, 15) is 4.79 Å². The SMILES string of the molecule is CNc1cc2c(nn1)CCN(C(=O)c1sc3ccsc3c1C)C2. The fraction of sp³-hybridized carbons (Fsp3) is 0.312. The molecule has 118 valence electrons. The van der Waals surface area contributed by atoms with E-state index in [4.69, 9.17) is 0 Å². The first-order chi connectivity index (χ1) is 11.2. The number of thiophene rings is 2. The minimum absolute atomic E-state index is 0.129. The molecular weight excluding hydrogens is 328 g/mol. The summed E-state index contributed by atoms with van der Waals surface area (Å²) in [7, 11) is 1.82. The number of hydrogen-bond donors (Lipinski definition) is 1. The topological polar surface area (TPSA) is 58.1 Å². The van der Waals surface area contributed by atoms with E-state index < -0.39 is 0 Å². The van der Waals surface area contributed by atoms with Crippen LogP contribution in [-0.4, -0.2) is 34.6 Å². The molecule has 0 aliphatic carbocycles. The van der Waals surface area contributed by atoms with Crippen molar-refractivity contribution in [1.82, 2.24) is 15.1 Å². The molecule has 0 atom stereocenters. The maximum Gasteiger partial charge on any atom is 0.264 e. The van der Waals surface area contributed by atoms with Crippen molar-refractivity contribution in [2.24, 2.45) is 0 Å². The van der Waals surface area contributed by atoms with Crippen molar-refractivity contribution in [1.29, 1.82) is 0 Å². The molecule has 1 amide bonds. The number of aromatic nitrogens is 2. The summed E-state index contributed by atoms with van der Waals surface area (Å²) in [6, 6.07) is 4.08. The number of hydrogen-bond acceptors (Lipinski definition) is 6. The molecule has 0 saturated heterocycles. The zero-order chi connectivity index (χ0) is 16.0. The second kappa shape index (κ2) is 5.58. The molecule has 0 spiro atoms. The van der Waals surface area contributed by atoms with Gasteiger partial charge in [0.2, 0.25) is 0 Å². The molecule has 23 heavy (non-hydrogen) atoms. The van der Waals surface area contributed by atoms with Crippen LogP contribution in [0.4, 0.5) is 5.82 Å². The lowest BCUT2D eigenvalue weighted by molar-refractivity contribution is 0.0737. The average molecular weight is 344 g/mol. The Morgan fingerprint density at radius 3 is 3.04 bits per heavy atom. The third-order valence-electron chi connectivity index (χ3n) is 4.20. The van der Waals surface area contributed by atoms with E-state index >= 15 is 0 Å². The van der Waals surface area contributed by atoms with Gasteiger partial charge in [-0.25, -0.2) is 0 Å². The van der Waals surface area contributed by atoms with Crippen molar-refractivity contribution in [3.05, 3.63) is 39.2 Å². The predicted molar refractivity (Wildman–Crippen MR) is 94.5 cm³/mol. The van der Waals surface area contributed by atoms with Gasteiger partial charge in [-0.1, -0.05) is 0 Å². The smallest absolute Gasteiger partial charge is 0.264 e. The Morgan fingerprint density at radius 1 is 1.39 bits per heavy atom. The standard InChI is InChI=1S/C16H16N4OS2/c1-9-14-12(4-6-22-14)23-15(9)16(21)20-5-3-11-10(8-20)7-13(17-2)19-18-11/h4,6-7H,3,5,8H2,1-2H3,(H,17,19). The summed E-state index contributed by atoms with van der Waals surface area (Å²) in [5.41, 5.74) is 3.19. The lowest BCUT2D eigenvalue weighted by Gasteiger charge is -2.28. The van der Waals surface area contributed by atoms with Crippen LogP contribution in [0.5, 0.6) is 0 Å². The van der Waals surface area contributed by atoms with Crippen molar-refractivity contribution in [3.63, 3.8) is 0 Å². The normalized spacial score (nSPS) is 14.1. The molecule has 4 heterocycles. The highest BCUT2D eigenvalue weighted by atomic mass is 32.1. The van der Waals surface area contributed by atoms with Gasteiger partial charge in [0.1, 0.15) is 5.82 Å². The Hall–Kier alpha value is -1.99. The summed E-state index contributed by atoms with van der Waals surface area (Å²) < 4.78 is 2.44. The van der Waals surface area contributed by atoms with E-state index in [0.717, 1.165) is 33.9 Å². The van der Waals surface area contributed by atoms with Crippen LogP contribution in [0.1, 0.15) is 26.5 Å². The Morgan fingerprint density at radius 2 is 2.26 bits per heavy atom. The first-order valence-electron chi connectivity index (χ1n) is 7.46. The molecule has 4 rings (SSSR count). The Kier molecular flexibility index (Phi) is 3.54. The molecule has 7 heteroatoms. The fourth-order valence-corrected chi connectivity index (χ4v) is 5.21. The molecule has 0 radical (unpaired) electrons. The van der Waals surface area contributed by atoms with E-state index in [1.807, 2.05) is 24.9 Å². The van der Waals surface area contributed by atoms with Crippen LogP contribution in [0.2, 0.25) is 0 Å². The molecule has 3 aromatic heterocycles. The zero-order valence-electron chi connectivity index (χ0n) is 12.9. The van der Waals surface area contributed by atoms with Crippen LogP contribution >= 0.6 is 22.7 Å². The van der Waals surface area contributed by atoms with E-state index in [0.29, 0.717) is 13.1 Å². The molecule has 0 bridgehead atoms. The summed E-state index contributed by atoms with van der Waals surface area (Å²) in [4.78, 5) is 15.7. The van der Waals surface area contributed by atoms with Crippen molar-refractivity contribution < 1.29 is 4.79 Å². The summed E-state index contributed by atoms with van der Waals surface area (Å²) in [5, 5.41) is 13.5. The monoisotopic (exact) mass is 344 g/mol. The molecule has 1 N–H and O–H groups in total. The third kappa shape index (κ3) is 2.40. The maximum absolute atomic E-state index is 12.9. The highest BCUT2D eigenvalue weighted by Gasteiger charge is 2.26. The Bertz CT molecular complexity index is 899. The summed E-state index contributed by atoms with van der Waals surface area (Å²) in [5.74, 6) is 0.871. The molecule has 0 fully saturated rings. The van der Waals surface area contributed by atoms with Gasteiger partial charge < -0.3 is 10.2 Å². The van der Waals surface area contributed by atoms with Gasteiger partial charge in [0.25, 0.3) is 5.91 Å². The van der Waals surface area contributed by atoms with Crippen molar-refractivity contribution in [3.8, 4) is 0 Å². The lowest BCUT2D eigenvalue weighted by Crippen LogP contribution is -2.36. The molecule has 1 aliphatic heterocycles. The summed E-state index contributed by atoms with van der Waals surface area (Å²) in [6.45, 7) is 3.35. The van der Waals surface area contributed by atoms with Gasteiger partial charge in [-0.3, -0.25) is 4.79 Å². The highest BCUT2D eigenvalue weighted by molar-refractivity contribution is 7.28. The van der Waals surface area contributed by atoms with E-state index in [1.165, 1.54) is 9.40 Å². The van der Waals surface area contributed by atoms with Crippen molar-refractivity contribution in [2.75, 3.05) is 18.9 Å². The van der Waals surface area contributed by atoms with Gasteiger partial charge in [0.05, 0.1) is 10.6 Å². The van der Waals surface area contributed by atoms with E-state index in [2.05, 4.69) is 27.0 Å². The number of nitrogens with zero attached hydrogens (tertiary/aromatic N) is 3. The van der Waals surface area contributed by atoms with Crippen LogP contribution in [0.25, 0.3) is 9.40 Å². The highest BCUT2D eigenvalue weighted by Crippen LogP contribution is 2.36. The second-order valence-corrected chi connectivity index (χ2v) is 7.57. The molecule has 5 nitrogen and oxygen atoms in total. The summed E-state index contributed by atoms with van der Waals surface area (Å²) >= 11 is 3.31. The predicted octanol–water partition coefficient (Wildman–Crippen LogP) is 3.30. The number of rotatable bonds is 2. The van der Waals surface area contributed by atoms with Gasteiger partial charge in [-0.15, -0.1) is 27.8 Å². The van der Waals surface area contributed by atoms with Crippen LogP contribution in [0, 0.1) is 6.92 Å². The Labute approximate surface area is 142 Å². The number of carbonyl (C=O) groups is 1. The first-order valence-corrected chi connectivity index (χ1v) is 9.16. The molecular formula is C16H16N4OS2. The average Bonchev–Trinajstić information content (AvgIpc) is 3.16. The van der Waals surface area contributed by atoms with Crippen LogP contribution < -0.4 is 5.32 Å². The molecule has 0 saturated carbocycles. The minimum Gasteiger partial charge on any atom is -0.372 e. The Balaban J connectivity index is 1.64. The number of amides is 1. The fourth-order valence-electron chi connectivity index (χ4n) is 2.91. The number of carbonyl (C=O) groups excluding carboxylic acids is 1. The number of anilines is 1. The minimum atomic E-state index is 0.129. The van der Waals surface area contributed by atoms with E-state index in [-0.39, 0.29) is 5.91 Å². The van der Waals surface area contributed by atoms with Crippen molar-refractivity contribution in [2.45, 2.75) is 19.9 Å². The second-order valence-electron chi connectivity index (χ2n) is 5.60. The molecule has 0 unspecified atom stereocenters. The van der Waals surface area contributed by atoms with Crippen LogP contribution in [0.3, 0.4) is 0 Å². The quantitative estimate of drug-likeness (QED) is 0.775. The van der Waals surface area contributed by atoms with Gasteiger partial charge in [0, 0.05) is 36.0 Å². The van der Waals surface area contributed by atoms with Crippen molar-refractivity contribution >= 4 is 43.8 Å². The van der Waals surface area contributed by atoms with Gasteiger partial charge in [-0.2, -0.15) is 5.10 Å². The number of aryl methyl sites for hydroxylation is 1. The molecule has 3 aromatic rings. The maximum atomic E-state index is 12.9. The summed E-state index contributed by atoms with van der Waals surface area (Å²) in [6.07, 6.45) is 0.761. The van der Waals surface area contributed by atoms with Gasteiger partial charge in [0.15, 0.2) is 0 Å². The largest absolute Gasteiger partial charge is 0.372 e. The first kappa shape index (κ1) is 14.6. The van der Waals surface area contributed by atoms with Crippen LogP contribution in [-0.2, 0) is 13.0 Å². The lowest BCUT2D eigenvalue weighted by atomic mass is 10.1. The molecule has 1 aliphatic rings. The van der Waals surface area contributed by atoms with E-state index in [1.54, 1.807) is 22.7 Å². The third-order valence-corrected chi connectivity index (χ3v) is 6.61. The number of nitrogens with one attached hydrogen (secondary N) is 1. The molecule has 0 aromatic carbocycles. The van der Waals surface area contributed by atoms with Gasteiger partial charge >= 0.3 is 0 Å². The van der Waals surface area contributed by atoms with Gasteiger partial charge in [-0.05, 0) is 35.6 Å². The zero-order valence-corrected chi connectivity index (χ0v) is 14.6. The van der Waals surface area contributed by atoms with Crippen LogP contribution in [0.15, 0.2) is 17.5 Å².